The molecule has 26 heavy (non-hydrogen) atoms. The van der Waals surface area contributed by atoms with Crippen LogP contribution in [0.3, 0.4) is 0 Å². The van der Waals surface area contributed by atoms with Gasteiger partial charge < -0.3 is 5.73 Å². The van der Waals surface area contributed by atoms with Crippen molar-refractivity contribution in [3.8, 4) is 22.4 Å². The molecule has 0 bridgehead atoms. The van der Waals surface area contributed by atoms with Crippen LogP contribution in [-0.4, -0.2) is 8.96 Å². The molecule has 0 radical (unpaired) electrons. The zero-order valence-corrected chi connectivity index (χ0v) is 14.7. The second-order valence-electron chi connectivity index (χ2n) is 5.76. The lowest BCUT2D eigenvalue weighted by Gasteiger charge is -2.11. The Balaban J connectivity index is 1.72. The number of rotatable bonds is 4. The van der Waals surface area contributed by atoms with Gasteiger partial charge in [-0.3, -0.25) is 0 Å². The number of anilines is 1. The third kappa shape index (κ3) is 3.21. The number of hydrogen-bond donors (Lipinski definition) is 1. The maximum atomic E-state index is 14.9. The predicted octanol–water partition coefficient (Wildman–Crippen LogP) is 5.49. The van der Waals surface area contributed by atoms with Crippen LogP contribution in [0.15, 0.2) is 90.0 Å². The number of hydrogen-bond acceptors (Lipinski definition) is 3. The summed E-state index contributed by atoms with van der Waals surface area (Å²) in [7, 11) is 0. The first kappa shape index (κ1) is 16.4. The summed E-state index contributed by atoms with van der Waals surface area (Å²) < 4.78 is 16.6. The zero-order chi connectivity index (χ0) is 17.9. The maximum absolute atomic E-state index is 14.9. The van der Waals surface area contributed by atoms with Crippen LogP contribution in [0.1, 0.15) is 0 Å². The Kier molecular flexibility index (Phi) is 4.46. The molecule has 4 aromatic rings. The normalized spacial score (nSPS) is 10.8. The number of aromatic nitrogens is 2. The van der Waals surface area contributed by atoms with Gasteiger partial charge in [0, 0.05) is 10.5 Å². The van der Waals surface area contributed by atoms with E-state index in [9.17, 15) is 4.39 Å². The first-order chi connectivity index (χ1) is 12.7. The number of nitrogens with zero attached hydrogens (tertiary/aromatic N) is 2. The fourth-order valence-corrected chi connectivity index (χ4v) is 3.62. The van der Waals surface area contributed by atoms with Crippen molar-refractivity contribution in [3.05, 3.63) is 90.9 Å². The average Bonchev–Trinajstić information content (AvgIpc) is 3.03. The fourth-order valence-electron chi connectivity index (χ4n) is 2.75. The van der Waals surface area contributed by atoms with E-state index in [1.165, 1.54) is 11.9 Å². The van der Waals surface area contributed by atoms with Crippen molar-refractivity contribution in [1.82, 2.24) is 8.96 Å². The largest absolute Gasteiger partial charge is 0.368 e. The first-order valence-corrected chi connectivity index (χ1v) is 8.91. The van der Waals surface area contributed by atoms with Gasteiger partial charge in [-0.1, -0.05) is 54.6 Å². The molecule has 1 heterocycles. The van der Waals surface area contributed by atoms with E-state index in [0.29, 0.717) is 17.2 Å². The zero-order valence-electron chi connectivity index (χ0n) is 13.8. The molecule has 0 spiro atoms. The van der Waals surface area contributed by atoms with E-state index in [-0.39, 0.29) is 5.82 Å². The van der Waals surface area contributed by atoms with Crippen molar-refractivity contribution in [1.29, 1.82) is 0 Å². The van der Waals surface area contributed by atoms with Gasteiger partial charge in [0.1, 0.15) is 5.82 Å². The van der Waals surface area contributed by atoms with E-state index in [1.54, 1.807) is 22.3 Å². The van der Waals surface area contributed by atoms with Gasteiger partial charge in [0.05, 0.1) is 11.9 Å². The summed E-state index contributed by atoms with van der Waals surface area (Å²) in [5, 5.41) is 0. The molecule has 0 fully saturated rings. The lowest BCUT2D eigenvalue weighted by atomic mass is 10.0. The van der Waals surface area contributed by atoms with Crippen molar-refractivity contribution in [2.75, 3.05) is 5.73 Å². The van der Waals surface area contributed by atoms with Gasteiger partial charge in [-0.05, 0) is 47.3 Å². The van der Waals surface area contributed by atoms with Crippen molar-refractivity contribution < 1.29 is 4.39 Å². The standard InChI is InChI=1S/C21H16FN3S/c22-19-13-16(15-7-3-1-4-8-15)11-12-18(19)20-14-24-21(23)25(20)26-17-9-5-2-6-10-17/h1-14H,(H2,23,24). The molecule has 0 unspecified atom stereocenters. The highest BCUT2D eigenvalue weighted by Crippen LogP contribution is 2.33. The SMILES string of the molecule is Nc1ncc(-c2ccc(-c3ccccc3)cc2F)n1Sc1ccccc1. The van der Waals surface area contributed by atoms with Crippen molar-refractivity contribution in [2.45, 2.75) is 4.90 Å². The lowest BCUT2D eigenvalue weighted by Crippen LogP contribution is -1.99. The molecule has 1 aromatic heterocycles. The molecule has 0 aliphatic rings. The van der Waals surface area contributed by atoms with Crippen LogP contribution in [-0.2, 0) is 0 Å². The lowest BCUT2D eigenvalue weighted by molar-refractivity contribution is 0.631. The van der Waals surface area contributed by atoms with E-state index >= 15 is 0 Å². The van der Waals surface area contributed by atoms with Crippen LogP contribution in [0.2, 0.25) is 0 Å². The Morgan fingerprint density at radius 1 is 0.846 bits per heavy atom. The van der Waals surface area contributed by atoms with E-state index in [1.807, 2.05) is 66.7 Å². The van der Waals surface area contributed by atoms with Gasteiger partial charge in [-0.15, -0.1) is 0 Å². The number of imidazole rings is 1. The van der Waals surface area contributed by atoms with Crippen LogP contribution in [0.4, 0.5) is 10.3 Å². The summed E-state index contributed by atoms with van der Waals surface area (Å²) in [6.07, 6.45) is 1.60. The summed E-state index contributed by atoms with van der Waals surface area (Å²) >= 11 is 1.41. The van der Waals surface area contributed by atoms with Crippen molar-refractivity contribution in [3.63, 3.8) is 0 Å². The minimum atomic E-state index is -0.304. The Morgan fingerprint density at radius 2 is 1.54 bits per heavy atom. The summed E-state index contributed by atoms with van der Waals surface area (Å²) in [4.78, 5) is 5.16. The maximum Gasteiger partial charge on any atom is 0.211 e. The monoisotopic (exact) mass is 361 g/mol. The molecule has 5 heteroatoms. The number of nitrogens with two attached hydrogens (primary N) is 1. The summed E-state index contributed by atoms with van der Waals surface area (Å²) in [5.41, 5.74) is 8.92. The number of halogens is 1. The summed E-state index contributed by atoms with van der Waals surface area (Å²) in [6, 6.07) is 24.8. The molecule has 128 valence electrons. The third-order valence-electron chi connectivity index (χ3n) is 4.04. The fraction of sp³-hybridized carbons (Fsp3) is 0. The van der Waals surface area contributed by atoms with Crippen molar-refractivity contribution >= 4 is 17.9 Å². The number of benzene rings is 3. The Morgan fingerprint density at radius 3 is 2.23 bits per heavy atom. The molecule has 2 N–H and O–H groups in total. The van der Waals surface area contributed by atoms with Gasteiger partial charge in [-0.2, -0.15) is 0 Å². The average molecular weight is 361 g/mol. The van der Waals surface area contributed by atoms with Crippen molar-refractivity contribution in [2.24, 2.45) is 0 Å². The Labute approximate surface area is 155 Å². The minimum absolute atomic E-state index is 0.304. The molecular weight excluding hydrogens is 345 g/mol. The smallest absolute Gasteiger partial charge is 0.211 e. The van der Waals surface area contributed by atoms with Gasteiger partial charge in [0.2, 0.25) is 5.95 Å². The highest BCUT2D eigenvalue weighted by molar-refractivity contribution is 7.98. The predicted molar refractivity (Wildman–Crippen MR) is 105 cm³/mol. The van der Waals surface area contributed by atoms with Crippen LogP contribution in [0.5, 0.6) is 0 Å². The van der Waals surface area contributed by atoms with Crippen LogP contribution < -0.4 is 5.73 Å². The topological polar surface area (TPSA) is 43.8 Å². The molecular formula is C21H16FN3S. The third-order valence-corrected chi connectivity index (χ3v) is 5.09. The molecule has 0 atom stereocenters. The first-order valence-electron chi connectivity index (χ1n) is 8.14. The molecule has 3 aromatic carbocycles. The van der Waals surface area contributed by atoms with E-state index in [2.05, 4.69) is 4.98 Å². The van der Waals surface area contributed by atoms with E-state index < -0.39 is 0 Å². The second kappa shape index (κ2) is 7.06. The second-order valence-corrected chi connectivity index (χ2v) is 6.78. The highest BCUT2D eigenvalue weighted by Gasteiger charge is 2.15. The Bertz CT molecular complexity index is 1030. The van der Waals surface area contributed by atoms with Gasteiger partial charge in [-0.25, -0.2) is 13.3 Å². The molecule has 0 aliphatic heterocycles. The molecule has 0 saturated carbocycles. The molecule has 0 saturated heterocycles. The quantitative estimate of drug-likeness (QED) is 0.522. The van der Waals surface area contributed by atoms with Gasteiger partial charge in [0.15, 0.2) is 0 Å². The van der Waals surface area contributed by atoms with Gasteiger partial charge in [0.25, 0.3) is 0 Å². The molecule has 0 amide bonds. The highest BCUT2D eigenvalue weighted by atomic mass is 32.2. The molecule has 4 rings (SSSR count). The number of nitrogen functional groups attached to an aromatic ring is 1. The Hall–Kier alpha value is -3.05. The van der Waals surface area contributed by atoms with Crippen LogP contribution in [0.25, 0.3) is 22.4 Å². The summed E-state index contributed by atoms with van der Waals surface area (Å²) in [5.74, 6) is 0.0292. The molecule has 3 nitrogen and oxygen atoms in total. The minimum Gasteiger partial charge on any atom is -0.368 e. The van der Waals surface area contributed by atoms with E-state index in [4.69, 9.17) is 5.73 Å². The van der Waals surface area contributed by atoms with E-state index in [0.717, 1.165) is 16.0 Å². The van der Waals surface area contributed by atoms with Gasteiger partial charge >= 0.3 is 0 Å². The van der Waals surface area contributed by atoms with Crippen LogP contribution >= 0.6 is 11.9 Å². The molecule has 0 aliphatic carbocycles. The van der Waals surface area contributed by atoms with Crippen LogP contribution in [0, 0.1) is 5.82 Å². The summed E-state index contributed by atoms with van der Waals surface area (Å²) in [6.45, 7) is 0.